The monoisotopic (exact) mass is 199 g/mol. The van der Waals surface area contributed by atoms with Gasteiger partial charge in [0.15, 0.2) is 0 Å². The number of hydrogen-bond donors (Lipinski definition) is 2. The van der Waals surface area contributed by atoms with Crippen LogP contribution in [-0.4, -0.2) is 23.9 Å². The summed E-state index contributed by atoms with van der Waals surface area (Å²) in [5, 5.41) is 8.85. The van der Waals surface area contributed by atoms with Gasteiger partial charge in [-0.2, -0.15) is 0 Å². The molecule has 4 heteroatoms. The lowest BCUT2D eigenvalue weighted by Crippen LogP contribution is -2.45. The molecule has 0 aliphatic rings. The van der Waals surface area contributed by atoms with Crippen molar-refractivity contribution in [1.82, 2.24) is 0 Å². The molecule has 0 spiro atoms. The van der Waals surface area contributed by atoms with Gasteiger partial charge in [0.1, 0.15) is 18.2 Å². The number of aliphatic hydroxyl groups is 1. The Hall–Kier alpha value is -1.13. The van der Waals surface area contributed by atoms with Crippen molar-refractivity contribution in [2.45, 2.75) is 12.5 Å². The highest BCUT2D eigenvalue weighted by molar-refractivity contribution is 5.22. The van der Waals surface area contributed by atoms with Crippen molar-refractivity contribution in [2.75, 3.05) is 13.2 Å². The summed E-state index contributed by atoms with van der Waals surface area (Å²) < 4.78 is 17.9. The van der Waals surface area contributed by atoms with Gasteiger partial charge in [0.05, 0.1) is 12.1 Å². The number of benzene rings is 1. The highest BCUT2D eigenvalue weighted by Crippen LogP contribution is 2.13. The Morgan fingerprint density at radius 3 is 2.86 bits per heavy atom. The summed E-state index contributed by atoms with van der Waals surface area (Å²) in [6.07, 6.45) is 0. The number of ether oxygens (including phenoxy) is 1. The van der Waals surface area contributed by atoms with Gasteiger partial charge in [-0.05, 0) is 19.1 Å². The molecule has 1 rings (SSSR count). The molecule has 0 bridgehead atoms. The summed E-state index contributed by atoms with van der Waals surface area (Å²) in [5.41, 5.74) is 4.83. The van der Waals surface area contributed by atoms with Crippen LogP contribution in [0.5, 0.6) is 5.75 Å². The lowest BCUT2D eigenvalue weighted by atomic mass is 10.1. The van der Waals surface area contributed by atoms with Crippen LogP contribution in [0, 0.1) is 5.82 Å². The second-order valence-corrected chi connectivity index (χ2v) is 3.56. The SMILES string of the molecule is CC(N)(CO)COc1cccc(F)c1. The molecule has 0 aromatic heterocycles. The second-order valence-electron chi connectivity index (χ2n) is 3.56. The maximum Gasteiger partial charge on any atom is 0.126 e. The van der Waals surface area contributed by atoms with Crippen LogP contribution in [0.2, 0.25) is 0 Å². The number of aliphatic hydroxyl groups excluding tert-OH is 1. The molecule has 0 aliphatic carbocycles. The van der Waals surface area contributed by atoms with E-state index in [1.54, 1.807) is 19.1 Å². The molecule has 1 aromatic carbocycles. The van der Waals surface area contributed by atoms with E-state index in [0.29, 0.717) is 5.75 Å². The Kier molecular flexibility index (Phi) is 3.43. The third-order valence-corrected chi connectivity index (χ3v) is 1.73. The molecule has 78 valence electrons. The molecule has 0 aliphatic heterocycles. The van der Waals surface area contributed by atoms with Crippen molar-refractivity contribution >= 4 is 0 Å². The molecule has 0 heterocycles. The molecule has 3 nitrogen and oxygen atoms in total. The largest absolute Gasteiger partial charge is 0.491 e. The zero-order valence-corrected chi connectivity index (χ0v) is 8.03. The average Bonchev–Trinajstić information content (AvgIpc) is 2.15. The van der Waals surface area contributed by atoms with Crippen molar-refractivity contribution in [3.63, 3.8) is 0 Å². The van der Waals surface area contributed by atoms with Gasteiger partial charge < -0.3 is 15.6 Å². The summed E-state index contributed by atoms with van der Waals surface area (Å²) in [6.45, 7) is 1.63. The Labute approximate surface area is 82.3 Å². The maximum atomic E-state index is 12.7. The molecule has 1 aromatic rings. The van der Waals surface area contributed by atoms with E-state index in [2.05, 4.69) is 0 Å². The highest BCUT2D eigenvalue weighted by atomic mass is 19.1. The van der Waals surface area contributed by atoms with Crippen molar-refractivity contribution in [2.24, 2.45) is 5.73 Å². The van der Waals surface area contributed by atoms with Crippen LogP contribution in [0.3, 0.4) is 0 Å². The minimum absolute atomic E-state index is 0.146. The molecule has 0 saturated carbocycles. The van der Waals surface area contributed by atoms with E-state index >= 15 is 0 Å². The van der Waals surface area contributed by atoms with E-state index in [1.165, 1.54) is 12.1 Å². The minimum atomic E-state index is -0.799. The van der Waals surface area contributed by atoms with Gasteiger partial charge in [0.25, 0.3) is 0 Å². The first kappa shape index (κ1) is 10.9. The normalized spacial score (nSPS) is 14.9. The summed E-state index contributed by atoms with van der Waals surface area (Å²) in [5.74, 6) is 0.0559. The quantitative estimate of drug-likeness (QED) is 0.758. The first-order valence-electron chi connectivity index (χ1n) is 4.32. The van der Waals surface area contributed by atoms with Crippen LogP contribution in [0.1, 0.15) is 6.92 Å². The van der Waals surface area contributed by atoms with Crippen LogP contribution in [0.15, 0.2) is 24.3 Å². The highest BCUT2D eigenvalue weighted by Gasteiger charge is 2.17. The molecule has 0 amide bonds. The molecule has 1 atom stereocenters. The van der Waals surface area contributed by atoms with Gasteiger partial charge in [-0.15, -0.1) is 0 Å². The fourth-order valence-electron chi connectivity index (χ4n) is 0.851. The van der Waals surface area contributed by atoms with Crippen LogP contribution >= 0.6 is 0 Å². The van der Waals surface area contributed by atoms with E-state index in [1.807, 2.05) is 0 Å². The summed E-state index contributed by atoms with van der Waals surface area (Å²) in [6, 6.07) is 5.79. The van der Waals surface area contributed by atoms with Crippen LogP contribution in [0.25, 0.3) is 0 Å². The van der Waals surface area contributed by atoms with Crippen molar-refractivity contribution in [1.29, 1.82) is 0 Å². The molecule has 0 saturated heterocycles. The maximum absolute atomic E-state index is 12.7. The van der Waals surface area contributed by atoms with Gasteiger partial charge in [-0.3, -0.25) is 0 Å². The predicted molar refractivity (Wildman–Crippen MR) is 51.6 cm³/mol. The first-order chi connectivity index (χ1) is 6.53. The second kappa shape index (κ2) is 4.39. The van der Waals surface area contributed by atoms with E-state index in [-0.39, 0.29) is 19.0 Å². The average molecular weight is 199 g/mol. The summed E-state index contributed by atoms with van der Waals surface area (Å²) in [4.78, 5) is 0. The van der Waals surface area contributed by atoms with Gasteiger partial charge in [-0.1, -0.05) is 6.07 Å². The number of hydrogen-bond acceptors (Lipinski definition) is 3. The standard InChI is InChI=1S/C10H14FNO2/c1-10(12,6-13)7-14-9-4-2-3-8(11)5-9/h2-5,13H,6-7,12H2,1H3. The first-order valence-corrected chi connectivity index (χ1v) is 4.32. The van der Waals surface area contributed by atoms with Crippen molar-refractivity contribution in [3.05, 3.63) is 30.1 Å². The lowest BCUT2D eigenvalue weighted by Gasteiger charge is -2.21. The fraction of sp³-hybridized carbons (Fsp3) is 0.400. The molecule has 0 radical (unpaired) electrons. The summed E-state index contributed by atoms with van der Waals surface area (Å²) >= 11 is 0. The van der Waals surface area contributed by atoms with E-state index < -0.39 is 5.54 Å². The van der Waals surface area contributed by atoms with Crippen LogP contribution in [-0.2, 0) is 0 Å². The number of rotatable bonds is 4. The minimum Gasteiger partial charge on any atom is -0.491 e. The van der Waals surface area contributed by atoms with E-state index in [4.69, 9.17) is 15.6 Å². The molecule has 14 heavy (non-hydrogen) atoms. The van der Waals surface area contributed by atoms with E-state index in [0.717, 1.165) is 0 Å². The Bertz CT molecular complexity index is 302. The Morgan fingerprint density at radius 2 is 2.29 bits per heavy atom. The fourth-order valence-corrected chi connectivity index (χ4v) is 0.851. The van der Waals surface area contributed by atoms with Gasteiger partial charge >= 0.3 is 0 Å². The van der Waals surface area contributed by atoms with Crippen molar-refractivity contribution in [3.8, 4) is 5.75 Å². The number of nitrogens with two attached hydrogens (primary N) is 1. The molecule has 3 N–H and O–H groups in total. The Morgan fingerprint density at radius 1 is 1.57 bits per heavy atom. The predicted octanol–water partition coefficient (Wildman–Crippen LogP) is 0.914. The topological polar surface area (TPSA) is 55.5 Å². The van der Waals surface area contributed by atoms with Gasteiger partial charge in [-0.25, -0.2) is 4.39 Å². The van der Waals surface area contributed by atoms with Crippen LogP contribution < -0.4 is 10.5 Å². The third kappa shape index (κ3) is 3.32. The zero-order chi connectivity index (χ0) is 10.6. The lowest BCUT2D eigenvalue weighted by molar-refractivity contribution is 0.146. The molecular weight excluding hydrogens is 185 g/mol. The zero-order valence-electron chi connectivity index (χ0n) is 8.03. The molecule has 1 unspecified atom stereocenters. The summed E-state index contributed by atoms with van der Waals surface area (Å²) in [7, 11) is 0. The Balaban J connectivity index is 2.54. The van der Waals surface area contributed by atoms with Crippen LogP contribution in [0.4, 0.5) is 4.39 Å². The van der Waals surface area contributed by atoms with Gasteiger partial charge in [0.2, 0.25) is 0 Å². The van der Waals surface area contributed by atoms with E-state index in [9.17, 15) is 4.39 Å². The van der Waals surface area contributed by atoms with Crippen molar-refractivity contribution < 1.29 is 14.2 Å². The molecular formula is C10H14FNO2. The third-order valence-electron chi connectivity index (χ3n) is 1.73. The molecule has 0 fully saturated rings. The van der Waals surface area contributed by atoms with Gasteiger partial charge in [0, 0.05) is 6.07 Å². The smallest absolute Gasteiger partial charge is 0.126 e. The number of halogens is 1.